The van der Waals surface area contributed by atoms with E-state index in [4.69, 9.17) is 0 Å². The molecule has 0 aromatic heterocycles. The van der Waals surface area contributed by atoms with Gasteiger partial charge in [-0.15, -0.1) is 0 Å². The molecule has 4 aromatic carbocycles. The van der Waals surface area contributed by atoms with Gasteiger partial charge in [0.15, 0.2) is 5.78 Å². The molecule has 165 valence electrons. The molecule has 0 aliphatic heterocycles. The topological polar surface area (TPSA) is 17.1 Å². The second-order valence-corrected chi connectivity index (χ2v) is 9.23. The Morgan fingerprint density at radius 3 is 1.39 bits per heavy atom. The van der Waals surface area contributed by atoms with Gasteiger partial charge in [-0.3, -0.25) is 4.79 Å². The Balaban J connectivity index is 2.08. The number of carbonyl (C=O) groups excluding carboxylic acids is 1. The summed E-state index contributed by atoms with van der Waals surface area (Å²) in [6.45, 7) is 8.61. The van der Waals surface area contributed by atoms with Crippen LogP contribution >= 0.6 is 0 Å². The number of hydrogen-bond donors (Lipinski definition) is 0. The predicted octanol–water partition coefficient (Wildman–Crippen LogP) is 7.95. The second-order valence-electron chi connectivity index (χ2n) is 9.23. The van der Waals surface area contributed by atoms with Gasteiger partial charge in [-0.2, -0.15) is 0 Å². The Morgan fingerprint density at radius 1 is 0.606 bits per heavy atom. The van der Waals surface area contributed by atoms with Gasteiger partial charge in [-0.25, -0.2) is 0 Å². The lowest BCUT2D eigenvalue weighted by atomic mass is 9.64. The van der Waals surface area contributed by atoms with E-state index < -0.39 is 5.41 Å². The van der Waals surface area contributed by atoms with Gasteiger partial charge in [0.25, 0.3) is 0 Å². The van der Waals surface area contributed by atoms with Gasteiger partial charge in [-0.1, -0.05) is 131 Å². The highest BCUT2D eigenvalue weighted by molar-refractivity contribution is 6.10. The molecule has 33 heavy (non-hydrogen) atoms. The number of Topliss-reactive ketones (excluding diaryl/α,β-unsaturated/α-hetero) is 1. The Labute approximate surface area is 198 Å². The number of hydrogen-bond acceptors (Lipinski definition) is 1. The molecular formula is C32H31O. The maximum Gasteiger partial charge on any atom is 0.182 e. The van der Waals surface area contributed by atoms with Gasteiger partial charge in [0.05, 0.1) is 0 Å². The fraction of sp³-hybridized carbons (Fsp3) is 0.219. The van der Waals surface area contributed by atoms with Crippen LogP contribution < -0.4 is 0 Å². The molecule has 1 nitrogen and oxygen atoms in total. The van der Waals surface area contributed by atoms with Crippen molar-refractivity contribution in [3.63, 3.8) is 0 Å². The molecule has 0 fully saturated rings. The van der Waals surface area contributed by atoms with Crippen molar-refractivity contribution in [3.8, 4) is 0 Å². The molecule has 0 N–H and O–H groups in total. The van der Waals surface area contributed by atoms with Crippen molar-refractivity contribution in [1.82, 2.24) is 0 Å². The first-order valence-corrected chi connectivity index (χ1v) is 11.7. The molecule has 0 saturated carbocycles. The fourth-order valence-corrected chi connectivity index (χ4v) is 4.68. The molecule has 0 atom stereocenters. The maximum absolute atomic E-state index is 14.9. The van der Waals surface area contributed by atoms with Crippen LogP contribution in [0.2, 0.25) is 0 Å². The van der Waals surface area contributed by atoms with Gasteiger partial charge < -0.3 is 0 Å². The summed E-state index contributed by atoms with van der Waals surface area (Å²) >= 11 is 0. The van der Waals surface area contributed by atoms with Crippen LogP contribution in [0.25, 0.3) is 0 Å². The minimum Gasteiger partial charge on any atom is -0.292 e. The minimum absolute atomic E-state index is 0.0846. The lowest BCUT2D eigenvalue weighted by Crippen LogP contribution is -2.39. The van der Waals surface area contributed by atoms with Crippen molar-refractivity contribution in [2.24, 2.45) is 0 Å². The van der Waals surface area contributed by atoms with Gasteiger partial charge in [0, 0.05) is 5.56 Å². The summed E-state index contributed by atoms with van der Waals surface area (Å²) in [6.07, 6.45) is 0. The average Bonchev–Trinajstić information content (AvgIpc) is 2.86. The van der Waals surface area contributed by atoms with Crippen LogP contribution in [-0.4, -0.2) is 5.78 Å². The molecule has 0 spiro atoms. The number of ketones is 1. The molecule has 0 amide bonds. The van der Waals surface area contributed by atoms with Crippen LogP contribution in [0.3, 0.4) is 0 Å². The first kappa shape index (κ1) is 22.7. The summed E-state index contributed by atoms with van der Waals surface area (Å²) in [4.78, 5) is 14.9. The number of rotatable bonds is 7. The Morgan fingerprint density at radius 2 is 1.03 bits per heavy atom. The summed E-state index contributed by atoms with van der Waals surface area (Å²) in [6, 6.07) is 38.2. The molecule has 0 saturated heterocycles. The summed E-state index contributed by atoms with van der Waals surface area (Å²) in [5, 5.41) is 0. The standard InChI is InChI=1S/C32H31O/c1-23(2)25-20-21-29(30(22-25)24(3)4)31(33)32(26-14-8-5-9-15-26,27-16-10-6-11-17-27)28-18-12-7-13-19-28/h5-21,23-24H,1-4H3. The van der Waals surface area contributed by atoms with E-state index in [0.29, 0.717) is 5.92 Å². The first-order valence-electron chi connectivity index (χ1n) is 11.7. The molecule has 0 aliphatic carbocycles. The molecule has 0 unspecified atom stereocenters. The zero-order chi connectivity index (χ0) is 23.4. The fourth-order valence-electron chi connectivity index (χ4n) is 4.68. The molecule has 4 rings (SSSR count). The Hall–Kier alpha value is -3.45. The van der Waals surface area contributed by atoms with E-state index in [2.05, 4.69) is 76.2 Å². The van der Waals surface area contributed by atoms with Crippen LogP contribution in [0.1, 0.15) is 77.7 Å². The normalized spacial score (nSPS) is 11.7. The van der Waals surface area contributed by atoms with Crippen LogP contribution in [-0.2, 0) is 5.41 Å². The quantitative estimate of drug-likeness (QED) is 0.214. The van der Waals surface area contributed by atoms with E-state index in [1.807, 2.05) is 60.7 Å². The number of benzene rings is 4. The second kappa shape index (κ2) is 9.58. The van der Waals surface area contributed by atoms with E-state index in [0.717, 1.165) is 33.4 Å². The molecule has 4 aromatic rings. The van der Waals surface area contributed by atoms with E-state index >= 15 is 0 Å². The third-order valence-electron chi connectivity index (χ3n) is 6.40. The number of carbonyl (C=O) groups is 1. The van der Waals surface area contributed by atoms with Gasteiger partial charge in [-0.05, 0) is 45.7 Å². The van der Waals surface area contributed by atoms with E-state index in [9.17, 15) is 4.79 Å². The Kier molecular flexibility index (Phi) is 6.60. The highest BCUT2D eigenvalue weighted by Crippen LogP contribution is 2.43. The first-order chi connectivity index (χ1) is 16.0. The predicted molar refractivity (Wildman–Crippen MR) is 137 cm³/mol. The van der Waals surface area contributed by atoms with Gasteiger partial charge in [0.1, 0.15) is 5.41 Å². The van der Waals surface area contributed by atoms with E-state index in [1.165, 1.54) is 0 Å². The van der Waals surface area contributed by atoms with Crippen molar-refractivity contribution in [3.05, 3.63) is 143 Å². The van der Waals surface area contributed by atoms with E-state index in [1.54, 1.807) is 0 Å². The van der Waals surface area contributed by atoms with Gasteiger partial charge >= 0.3 is 0 Å². The molecule has 1 heteroatoms. The lowest BCUT2D eigenvalue weighted by Gasteiger charge is -2.35. The maximum atomic E-state index is 14.9. The molecular weight excluding hydrogens is 400 g/mol. The van der Waals surface area contributed by atoms with Crippen LogP contribution in [0.5, 0.6) is 0 Å². The highest BCUT2D eigenvalue weighted by atomic mass is 16.1. The highest BCUT2D eigenvalue weighted by Gasteiger charge is 2.44. The summed E-state index contributed by atoms with van der Waals surface area (Å²) < 4.78 is 0. The van der Waals surface area contributed by atoms with Crippen molar-refractivity contribution in [2.75, 3.05) is 0 Å². The molecule has 0 bridgehead atoms. The monoisotopic (exact) mass is 431 g/mol. The molecule has 0 heterocycles. The van der Waals surface area contributed by atoms with Crippen molar-refractivity contribution in [2.45, 2.75) is 44.9 Å². The molecule has 1 radical (unpaired) electrons. The summed E-state index contributed by atoms with van der Waals surface area (Å²) in [5.41, 5.74) is 4.81. The largest absolute Gasteiger partial charge is 0.292 e. The summed E-state index contributed by atoms with van der Waals surface area (Å²) in [7, 11) is 0. The minimum atomic E-state index is -0.958. The smallest absolute Gasteiger partial charge is 0.182 e. The third kappa shape index (κ3) is 4.16. The van der Waals surface area contributed by atoms with Crippen molar-refractivity contribution in [1.29, 1.82) is 0 Å². The Bertz CT molecular complexity index is 1110. The SMILES string of the molecule is CC(C)c1[c]c(C(C)C)c(C(=O)C(c2ccccc2)(c2ccccc2)c2ccccc2)cc1. The third-order valence-corrected chi connectivity index (χ3v) is 6.40. The zero-order valence-electron chi connectivity index (χ0n) is 19.9. The van der Waals surface area contributed by atoms with Crippen molar-refractivity contribution >= 4 is 5.78 Å². The van der Waals surface area contributed by atoms with E-state index in [-0.39, 0.29) is 11.7 Å². The lowest BCUT2D eigenvalue weighted by molar-refractivity contribution is 0.0933. The van der Waals surface area contributed by atoms with Crippen LogP contribution in [0, 0.1) is 6.07 Å². The van der Waals surface area contributed by atoms with Crippen LogP contribution in [0.4, 0.5) is 0 Å². The average molecular weight is 432 g/mol. The summed E-state index contributed by atoms with van der Waals surface area (Å²) in [5.74, 6) is 0.623. The molecule has 0 aliphatic rings. The van der Waals surface area contributed by atoms with Crippen LogP contribution in [0.15, 0.2) is 103 Å². The zero-order valence-corrected chi connectivity index (χ0v) is 19.9. The van der Waals surface area contributed by atoms with Gasteiger partial charge in [0.2, 0.25) is 0 Å². The van der Waals surface area contributed by atoms with Crippen molar-refractivity contribution < 1.29 is 4.79 Å².